The van der Waals surface area contributed by atoms with Crippen molar-refractivity contribution in [2.24, 2.45) is 0 Å². The van der Waals surface area contributed by atoms with Gasteiger partial charge >= 0.3 is 5.97 Å². The second-order valence-corrected chi connectivity index (χ2v) is 6.52. The van der Waals surface area contributed by atoms with E-state index in [0.29, 0.717) is 17.3 Å². The molecule has 3 rings (SSSR count). The fourth-order valence-electron chi connectivity index (χ4n) is 2.67. The zero-order valence-corrected chi connectivity index (χ0v) is 13.0. The Labute approximate surface area is 128 Å². The predicted molar refractivity (Wildman–Crippen MR) is 84.2 cm³/mol. The Kier molecular flexibility index (Phi) is 3.68. The first-order valence-corrected chi connectivity index (χ1v) is 7.95. The van der Waals surface area contributed by atoms with Crippen LogP contribution in [0, 0.1) is 13.8 Å². The molecule has 0 amide bonds. The molecular weight excluding hydrogens is 284 g/mol. The Morgan fingerprint density at radius 1 is 1.48 bits per heavy atom. The van der Waals surface area contributed by atoms with Gasteiger partial charge < -0.3 is 10.0 Å². The molecule has 0 radical (unpaired) electrons. The predicted octanol–water partition coefficient (Wildman–Crippen LogP) is 3.63. The Hall–Kier alpha value is -1.88. The molecule has 5 heteroatoms. The van der Waals surface area contributed by atoms with Crippen molar-refractivity contribution >= 4 is 23.0 Å². The van der Waals surface area contributed by atoms with Crippen LogP contribution in [0.25, 0.3) is 0 Å². The van der Waals surface area contributed by atoms with Crippen LogP contribution in [0.1, 0.15) is 39.5 Å². The molecule has 0 aliphatic heterocycles. The topological polar surface area (TPSA) is 53.4 Å². The molecule has 1 aliphatic rings. The van der Waals surface area contributed by atoms with E-state index in [0.717, 1.165) is 30.8 Å². The van der Waals surface area contributed by atoms with Crippen molar-refractivity contribution in [1.82, 2.24) is 4.98 Å². The first kappa shape index (κ1) is 14.1. The molecule has 2 aromatic heterocycles. The number of pyridine rings is 1. The lowest BCUT2D eigenvalue weighted by molar-refractivity contribution is 0.0696. The van der Waals surface area contributed by atoms with Gasteiger partial charge in [-0.15, -0.1) is 11.3 Å². The number of thiophene rings is 1. The number of hydrogen-bond acceptors (Lipinski definition) is 4. The van der Waals surface area contributed by atoms with Crippen LogP contribution >= 0.6 is 11.3 Å². The number of rotatable bonds is 5. The number of aryl methyl sites for hydroxylation is 2. The zero-order valence-electron chi connectivity index (χ0n) is 12.2. The van der Waals surface area contributed by atoms with Crippen LogP contribution in [-0.2, 0) is 6.54 Å². The van der Waals surface area contributed by atoms with E-state index in [-0.39, 0.29) is 0 Å². The highest BCUT2D eigenvalue weighted by atomic mass is 32.1. The third-order valence-corrected chi connectivity index (χ3v) is 4.59. The molecule has 1 aliphatic carbocycles. The minimum Gasteiger partial charge on any atom is -0.478 e. The van der Waals surface area contributed by atoms with Crippen molar-refractivity contribution in [2.45, 2.75) is 39.3 Å². The first-order chi connectivity index (χ1) is 10.1. The lowest BCUT2D eigenvalue weighted by Crippen LogP contribution is -2.27. The van der Waals surface area contributed by atoms with Crippen molar-refractivity contribution < 1.29 is 9.90 Å². The van der Waals surface area contributed by atoms with E-state index in [1.165, 1.54) is 4.88 Å². The number of carboxylic acids is 1. The quantitative estimate of drug-likeness (QED) is 0.916. The lowest BCUT2D eigenvalue weighted by Gasteiger charge is -2.26. The molecule has 0 unspecified atom stereocenters. The standard InChI is InChI=1S/C16H18N2O2S/c1-10-8-14(15(16(19)20)11(2)17-10)18(12-5-6-12)9-13-4-3-7-21-13/h3-4,7-8,12H,5-6,9H2,1-2H3,(H,19,20). The van der Waals surface area contributed by atoms with Crippen LogP contribution in [0.4, 0.5) is 5.69 Å². The van der Waals surface area contributed by atoms with Gasteiger partial charge in [-0.2, -0.15) is 0 Å². The van der Waals surface area contributed by atoms with Crippen molar-refractivity contribution in [3.8, 4) is 0 Å². The smallest absolute Gasteiger partial charge is 0.339 e. The minimum absolute atomic E-state index is 0.337. The summed E-state index contributed by atoms with van der Waals surface area (Å²) in [5.74, 6) is -0.896. The highest BCUT2D eigenvalue weighted by molar-refractivity contribution is 7.09. The second kappa shape index (κ2) is 5.48. The Bertz CT molecular complexity index is 663. The maximum absolute atomic E-state index is 11.6. The molecule has 1 fully saturated rings. The number of nitrogens with zero attached hydrogens (tertiary/aromatic N) is 2. The monoisotopic (exact) mass is 302 g/mol. The number of hydrogen-bond donors (Lipinski definition) is 1. The normalized spacial score (nSPS) is 14.2. The summed E-state index contributed by atoms with van der Waals surface area (Å²) in [4.78, 5) is 19.4. The number of anilines is 1. The van der Waals surface area contributed by atoms with E-state index < -0.39 is 5.97 Å². The number of carbonyl (C=O) groups is 1. The highest BCUT2D eigenvalue weighted by Gasteiger charge is 2.32. The van der Waals surface area contributed by atoms with Crippen molar-refractivity contribution in [1.29, 1.82) is 0 Å². The van der Waals surface area contributed by atoms with Gasteiger partial charge in [-0.1, -0.05) is 6.07 Å². The average Bonchev–Trinajstić information content (AvgIpc) is 3.11. The summed E-state index contributed by atoms with van der Waals surface area (Å²) in [7, 11) is 0. The fourth-order valence-corrected chi connectivity index (χ4v) is 3.37. The van der Waals surface area contributed by atoms with Gasteiger partial charge in [0.25, 0.3) is 0 Å². The molecule has 2 aromatic rings. The molecule has 1 N–H and O–H groups in total. The van der Waals surface area contributed by atoms with Gasteiger partial charge in [0.15, 0.2) is 0 Å². The third-order valence-electron chi connectivity index (χ3n) is 3.72. The summed E-state index contributed by atoms with van der Waals surface area (Å²) >= 11 is 1.71. The van der Waals surface area contributed by atoms with Gasteiger partial charge in [-0.25, -0.2) is 4.79 Å². The van der Waals surface area contributed by atoms with Crippen LogP contribution in [0.2, 0.25) is 0 Å². The van der Waals surface area contributed by atoms with Crippen LogP contribution in [0.3, 0.4) is 0 Å². The van der Waals surface area contributed by atoms with Crippen LogP contribution in [-0.4, -0.2) is 22.1 Å². The van der Waals surface area contributed by atoms with E-state index in [2.05, 4.69) is 21.3 Å². The highest BCUT2D eigenvalue weighted by Crippen LogP contribution is 2.36. The SMILES string of the molecule is Cc1cc(N(Cc2cccs2)C2CC2)c(C(=O)O)c(C)n1. The second-order valence-electron chi connectivity index (χ2n) is 5.49. The van der Waals surface area contributed by atoms with Crippen LogP contribution < -0.4 is 4.90 Å². The van der Waals surface area contributed by atoms with E-state index in [1.54, 1.807) is 18.3 Å². The van der Waals surface area contributed by atoms with E-state index in [1.807, 2.05) is 19.1 Å². The molecule has 0 aromatic carbocycles. The van der Waals surface area contributed by atoms with Crippen LogP contribution in [0.5, 0.6) is 0 Å². The van der Waals surface area contributed by atoms with E-state index in [9.17, 15) is 9.90 Å². The summed E-state index contributed by atoms with van der Waals surface area (Å²) in [6.45, 7) is 4.46. The maximum Gasteiger partial charge on any atom is 0.339 e. The molecule has 1 saturated carbocycles. The fraction of sp³-hybridized carbons (Fsp3) is 0.375. The summed E-state index contributed by atoms with van der Waals surface area (Å²) < 4.78 is 0. The van der Waals surface area contributed by atoms with E-state index >= 15 is 0 Å². The Morgan fingerprint density at radius 2 is 2.24 bits per heavy atom. The number of aromatic nitrogens is 1. The van der Waals surface area contributed by atoms with Gasteiger partial charge in [-0.05, 0) is 44.2 Å². The van der Waals surface area contributed by atoms with Gasteiger partial charge in [0.05, 0.1) is 17.9 Å². The molecule has 0 atom stereocenters. The summed E-state index contributed by atoms with van der Waals surface area (Å²) in [6, 6.07) is 6.49. The third kappa shape index (κ3) is 2.93. The molecule has 0 spiro atoms. The molecule has 4 nitrogen and oxygen atoms in total. The minimum atomic E-state index is -0.896. The molecule has 110 valence electrons. The van der Waals surface area contributed by atoms with Gasteiger partial charge in [-0.3, -0.25) is 4.98 Å². The molecule has 2 heterocycles. The molecule has 21 heavy (non-hydrogen) atoms. The summed E-state index contributed by atoms with van der Waals surface area (Å²) in [6.07, 6.45) is 2.26. The van der Waals surface area contributed by atoms with Crippen molar-refractivity contribution in [3.05, 3.63) is 45.4 Å². The maximum atomic E-state index is 11.6. The Balaban J connectivity index is 2.04. The largest absolute Gasteiger partial charge is 0.478 e. The van der Waals surface area contributed by atoms with E-state index in [4.69, 9.17) is 0 Å². The summed E-state index contributed by atoms with van der Waals surface area (Å²) in [5.41, 5.74) is 2.60. The lowest BCUT2D eigenvalue weighted by atomic mass is 10.1. The van der Waals surface area contributed by atoms with Crippen molar-refractivity contribution in [2.75, 3.05) is 4.90 Å². The summed E-state index contributed by atoms with van der Waals surface area (Å²) in [5, 5.41) is 11.6. The zero-order chi connectivity index (χ0) is 15.0. The van der Waals surface area contributed by atoms with Gasteiger partial charge in [0, 0.05) is 16.6 Å². The van der Waals surface area contributed by atoms with Crippen LogP contribution in [0.15, 0.2) is 23.6 Å². The van der Waals surface area contributed by atoms with Gasteiger partial charge in [0.2, 0.25) is 0 Å². The number of aromatic carboxylic acids is 1. The average molecular weight is 302 g/mol. The molecular formula is C16H18N2O2S. The van der Waals surface area contributed by atoms with Crippen molar-refractivity contribution in [3.63, 3.8) is 0 Å². The molecule has 0 saturated heterocycles. The number of carboxylic acid groups (broad SMARTS) is 1. The first-order valence-electron chi connectivity index (χ1n) is 7.07. The molecule has 0 bridgehead atoms. The van der Waals surface area contributed by atoms with Gasteiger partial charge in [0.1, 0.15) is 5.56 Å². The Morgan fingerprint density at radius 3 is 2.81 bits per heavy atom.